The normalized spacial score (nSPS) is 14.9. The van der Waals surface area contributed by atoms with E-state index in [9.17, 15) is 0 Å². The maximum atomic E-state index is 2.38. The lowest BCUT2D eigenvalue weighted by Gasteiger charge is -2.19. The summed E-state index contributed by atoms with van der Waals surface area (Å²) in [6, 6.07) is 0. The SMILES string of the molecule is CC=CC(CCC)CCCC(C)(C)C. The molecule has 0 radical (unpaired) electrons. The molecule has 0 aromatic heterocycles. The third-order valence-corrected chi connectivity index (χ3v) is 2.63. The van der Waals surface area contributed by atoms with Crippen LogP contribution in [0.3, 0.4) is 0 Å². The van der Waals surface area contributed by atoms with Crippen LogP contribution in [-0.2, 0) is 0 Å². The van der Waals surface area contributed by atoms with Gasteiger partial charge in [-0.1, -0.05) is 52.7 Å². The first-order chi connectivity index (χ1) is 6.49. The Morgan fingerprint density at radius 1 is 1.14 bits per heavy atom. The van der Waals surface area contributed by atoms with Crippen LogP contribution < -0.4 is 0 Å². The van der Waals surface area contributed by atoms with Gasteiger partial charge in [-0.15, -0.1) is 0 Å². The third-order valence-electron chi connectivity index (χ3n) is 2.63. The standard InChI is InChI=1S/C14H28/c1-6-9-13(10-7-2)11-8-12-14(3,4)5/h6,9,13H,7-8,10-12H2,1-5H3. The van der Waals surface area contributed by atoms with Gasteiger partial charge >= 0.3 is 0 Å². The zero-order chi connectivity index (χ0) is 11.0. The molecule has 0 aliphatic rings. The molecule has 0 nitrogen and oxygen atoms in total. The fourth-order valence-electron chi connectivity index (χ4n) is 1.87. The van der Waals surface area contributed by atoms with Crippen molar-refractivity contribution in [3.63, 3.8) is 0 Å². The van der Waals surface area contributed by atoms with Crippen LogP contribution in [0.4, 0.5) is 0 Å². The van der Waals surface area contributed by atoms with Crippen molar-refractivity contribution in [2.75, 3.05) is 0 Å². The van der Waals surface area contributed by atoms with Gasteiger partial charge < -0.3 is 0 Å². The van der Waals surface area contributed by atoms with Crippen molar-refractivity contribution in [3.05, 3.63) is 12.2 Å². The maximum absolute atomic E-state index is 2.38. The van der Waals surface area contributed by atoms with Crippen molar-refractivity contribution in [2.45, 2.75) is 66.7 Å². The highest BCUT2D eigenvalue weighted by atomic mass is 14.2. The Hall–Kier alpha value is -0.260. The van der Waals surface area contributed by atoms with Gasteiger partial charge in [-0.2, -0.15) is 0 Å². The maximum Gasteiger partial charge on any atom is -0.0234 e. The summed E-state index contributed by atoms with van der Waals surface area (Å²) in [4.78, 5) is 0. The van der Waals surface area contributed by atoms with Crippen molar-refractivity contribution < 1.29 is 0 Å². The van der Waals surface area contributed by atoms with E-state index < -0.39 is 0 Å². The molecular weight excluding hydrogens is 168 g/mol. The molecule has 0 saturated heterocycles. The molecule has 1 atom stereocenters. The minimum atomic E-state index is 0.507. The zero-order valence-electron chi connectivity index (χ0n) is 10.8. The van der Waals surface area contributed by atoms with Gasteiger partial charge in [0.1, 0.15) is 0 Å². The zero-order valence-corrected chi connectivity index (χ0v) is 10.8. The molecule has 84 valence electrons. The molecule has 0 aliphatic heterocycles. The van der Waals surface area contributed by atoms with Crippen LogP contribution in [0.15, 0.2) is 12.2 Å². The lowest BCUT2D eigenvalue weighted by atomic mass is 9.87. The smallest absolute Gasteiger partial charge is 0.0234 e. The number of allylic oxidation sites excluding steroid dienone is 2. The number of rotatable bonds is 6. The van der Waals surface area contributed by atoms with E-state index in [-0.39, 0.29) is 0 Å². The third kappa shape index (κ3) is 8.34. The van der Waals surface area contributed by atoms with Gasteiger partial charge in [0, 0.05) is 0 Å². The minimum Gasteiger partial charge on any atom is -0.0914 e. The molecule has 14 heavy (non-hydrogen) atoms. The van der Waals surface area contributed by atoms with E-state index in [0.717, 1.165) is 5.92 Å². The average Bonchev–Trinajstić information content (AvgIpc) is 2.02. The molecule has 1 unspecified atom stereocenters. The summed E-state index contributed by atoms with van der Waals surface area (Å²) < 4.78 is 0. The fraction of sp³-hybridized carbons (Fsp3) is 0.857. The second-order valence-electron chi connectivity index (χ2n) is 5.53. The summed E-state index contributed by atoms with van der Waals surface area (Å²) in [6.07, 6.45) is 11.3. The highest BCUT2D eigenvalue weighted by Crippen LogP contribution is 2.25. The lowest BCUT2D eigenvalue weighted by Crippen LogP contribution is -2.06. The van der Waals surface area contributed by atoms with E-state index in [2.05, 4.69) is 46.8 Å². The lowest BCUT2D eigenvalue weighted by molar-refractivity contribution is 0.345. The molecule has 0 bridgehead atoms. The Kier molecular flexibility index (Phi) is 6.96. The first-order valence-corrected chi connectivity index (χ1v) is 6.12. The summed E-state index contributed by atoms with van der Waals surface area (Å²) in [6.45, 7) is 11.4. The molecule has 0 aromatic carbocycles. The molecular formula is C14H28. The largest absolute Gasteiger partial charge is 0.0914 e. The van der Waals surface area contributed by atoms with E-state index in [1.54, 1.807) is 0 Å². The highest BCUT2D eigenvalue weighted by molar-refractivity contribution is 4.85. The molecule has 0 fully saturated rings. The van der Waals surface area contributed by atoms with Gasteiger partial charge in [-0.25, -0.2) is 0 Å². The van der Waals surface area contributed by atoms with Crippen molar-refractivity contribution in [1.82, 2.24) is 0 Å². The van der Waals surface area contributed by atoms with Crippen molar-refractivity contribution >= 4 is 0 Å². The molecule has 0 heterocycles. The Morgan fingerprint density at radius 3 is 2.21 bits per heavy atom. The van der Waals surface area contributed by atoms with Crippen LogP contribution in [0.25, 0.3) is 0 Å². The van der Waals surface area contributed by atoms with Crippen molar-refractivity contribution in [2.24, 2.45) is 11.3 Å². The molecule has 0 N–H and O–H groups in total. The van der Waals surface area contributed by atoms with Gasteiger partial charge in [0.15, 0.2) is 0 Å². The van der Waals surface area contributed by atoms with E-state index in [4.69, 9.17) is 0 Å². The summed E-state index contributed by atoms with van der Waals surface area (Å²) in [7, 11) is 0. The summed E-state index contributed by atoms with van der Waals surface area (Å²) in [5, 5.41) is 0. The van der Waals surface area contributed by atoms with Crippen LogP contribution in [0.1, 0.15) is 66.7 Å². The minimum absolute atomic E-state index is 0.507. The van der Waals surface area contributed by atoms with Crippen LogP contribution in [0.5, 0.6) is 0 Å². The van der Waals surface area contributed by atoms with Crippen LogP contribution in [0.2, 0.25) is 0 Å². The second-order valence-corrected chi connectivity index (χ2v) is 5.53. The first-order valence-electron chi connectivity index (χ1n) is 6.12. The van der Waals surface area contributed by atoms with Crippen molar-refractivity contribution in [1.29, 1.82) is 0 Å². The molecule has 0 saturated carbocycles. The number of hydrogen-bond acceptors (Lipinski definition) is 0. The molecule has 0 heteroatoms. The van der Waals surface area contributed by atoms with E-state index in [1.807, 2.05) is 0 Å². The van der Waals surface area contributed by atoms with Crippen LogP contribution >= 0.6 is 0 Å². The Balaban J connectivity index is 3.71. The van der Waals surface area contributed by atoms with Gasteiger partial charge in [-0.3, -0.25) is 0 Å². The molecule has 0 aromatic rings. The first kappa shape index (κ1) is 13.7. The van der Waals surface area contributed by atoms with Crippen LogP contribution in [-0.4, -0.2) is 0 Å². The van der Waals surface area contributed by atoms with Gasteiger partial charge in [0.05, 0.1) is 0 Å². The molecule has 0 aliphatic carbocycles. The molecule has 0 spiro atoms. The Bertz CT molecular complexity index is 148. The highest BCUT2D eigenvalue weighted by Gasteiger charge is 2.11. The number of hydrogen-bond donors (Lipinski definition) is 0. The van der Waals surface area contributed by atoms with Crippen LogP contribution in [0, 0.1) is 11.3 Å². The molecule has 0 rings (SSSR count). The Labute approximate surface area is 90.8 Å². The van der Waals surface area contributed by atoms with Crippen molar-refractivity contribution in [3.8, 4) is 0 Å². The van der Waals surface area contributed by atoms with E-state index in [0.29, 0.717) is 5.41 Å². The Morgan fingerprint density at radius 2 is 1.79 bits per heavy atom. The quantitative estimate of drug-likeness (QED) is 0.512. The van der Waals surface area contributed by atoms with E-state index >= 15 is 0 Å². The van der Waals surface area contributed by atoms with E-state index in [1.165, 1.54) is 32.1 Å². The van der Waals surface area contributed by atoms with Gasteiger partial charge in [0.2, 0.25) is 0 Å². The summed E-state index contributed by atoms with van der Waals surface area (Å²) in [5.74, 6) is 0.826. The predicted octanol–water partition coefficient (Wildman–Crippen LogP) is 5.20. The topological polar surface area (TPSA) is 0 Å². The summed E-state index contributed by atoms with van der Waals surface area (Å²) >= 11 is 0. The average molecular weight is 196 g/mol. The second kappa shape index (κ2) is 7.09. The summed E-state index contributed by atoms with van der Waals surface area (Å²) in [5.41, 5.74) is 0.507. The van der Waals surface area contributed by atoms with Gasteiger partial charge in [0.25, 0.3) is 0 Å². The fourth-order valence-corrected chi connectivity index (χ4v) is 1.87. The monoisotopic (exact) mass is 196 g/mol. The van der Waals surface area contributed by atoms with Gasteiger partial charge in [-0.05, 0) is 37.5 Å². The predicted molar refractivity (Wildman–Crippen MR) is 66.5 cm³/mol. The molecule has 0 amide bonds.